The Labute approximate surface area is 178 Å². The highest BCUT2D eigenvalue weighted by Gasteiger charge is 2.16. The second-order valence-electron chi connectivity index (χ2n) is 6.72. The molecule has 1 heterocycles. The molecular weight excluding hydrogens is 402 g/mol. The first-order chi connectivity index (χ1) is 15.0. The van der Waals surface area contributed by atoms with E-state index in [4.69, 9.17) is 18.6 Å². The van der Waals surface area contributed by atoms with Crippen molar-refractivity contribution < 1.29 is 28.2 Å². The average Bonchev–Trinajstić information content (AvgIpc) is 2.78. The van der Waals surface area contributed by atoms with Gasteiger partial charge in [0.05, 0.1) is 19.8 Å². The highest BCUT2D eigenvalue weighted by atomic mass is 16.5. The summed E-state index contributed by atoms with van der Waals surface area (Å²) in [5.74, 6) is -0.0227. The lowest BCUT2D eigenvalue weighted by molar-refractivity contribution is 0.0734. The van der Waals surface area contributed by atoms with E-state index in [1.807, 2.05) is 6.92 Å². The summed E-state index contributed by atoms with van der Waals surface area (Å²) >= 11 is 0. The van der Waals surface area contributed by atoms with Gasteiger partial charge in [0.1, 0.15) is 16.9 Å². The maximum Gasteiger partial charge on any atom is 0.349 e. The molecule has 31 heavy (non-hydrogen) atoms. The highest BCUT2D eigenvalue weighted by Crippen LogP contribution is 2.28. The molecule has 0 saturated carbocycles. The molecule has 1 amide bonds. The third kappa shape index (κ3) is 5.03. The van der Waals surface area contributed by atoms with Crippen LogP contribution < -0.4 is 25.2 Å². The van der Waals surface area contributed by atoms with E-state index in [-0.39, 0.29) is 22.5 Å². The Kier molecular flexibility index (Phi) is 6.92. The SMILES string of the molecule is CCCCNC(=O)c1cc2ccc(OC(=O)c3ccc(OC)c(OC)c3)cc2oc1=O. The molecule has 1 aromatic heterocycles. The van der Waals surface area contributed by atoms with Crippen LogP contribution >= 0.6 is 0 Å². The van der Waals surface area contributed by atoms with Crippen LogP contribution in [0.3, 0.4) is 0 Å². The number of fused-ring (bicyclic) bond motifs is 1. The highest BCUT2D eigenvalue weighted by molar-refractivity contribution is 5.97. The van der Waals surface area contributed by atoms with Crippen LogP contribution in [0.1, 0.15) is 40.5 Å². The largest absolute Gasteiger partial charge is 0.493 e. The zero-order valence-corrected chi connectivity index (χ0v) is 17.5. The summed E-state index contributed by atoms with van der Waals surface area (Å²) in [6.45, 7) is 2.49. The third-order valence-corrected chi connectivity index (χ3v) is 4.60. The number of benzene rings is 2. The van der Waals surface area contributed by atoms with Gasteiger partial charge in [0.15, 0.2) is 11.5 Å². The van der Waals surface area contributed by atoms with Gasteiger partial charge in [-0.25, -0.2) is 9.59 Å². The molecule has 2 aromatic carbocycles. The number of rotatable bonds is 8. The van der Waals surface area contributed by atoms with Gasteiger partial charge < -0.3 is 23.9 Å². The molecule has 0 aliphatic carbocycles. The van der Waals surface area contributed by atoms with Crippen LogP contribution in [-0.2, 0) is 0 Å². The molecule has 0 aliphatic rings. The van der Waals surface area contributed by atoms with E-state index < -0.39 is 17.5 Å². The summed E-state index contributed by atoms with van der Waals surface area (Å²) in [7, 11) is 2.97. The number of carbonyl (C=O) groups is 2. The second-order valence-corrected chi connectivity index (χ2v) is 6.72. The Morgan fingerprint density at radius 3 is 2.48 bits per heavy atom. The molecule has 0 atom stereocenters. The number of carbonyl (C=O) groups excluding carboxylic acids is 2. The minimum atomic E-state index is -0.759. The minimum absolute atomic E-state index is 0.0707. The van der Waals surface area contributed by atoms with E-state index in [1.54, 1.807) is 24.3 Å². The summed E-state index contributed by atoms with van der Waals surface area (Å²) in [4.78, 5) is 36.9. The standard InChI is InChI=1S/C23H23NO7/c1-4-5-10-24-21(25)17-11-14-6-8-16(13-19(14)31-23(17)27)30-22(26)15-7-9-18(28-2)20(12-15)29-3/h6-9,11-13H,4-5,10H2,1-3H3,(H,24,25). The van der Waals surface area contributed by atoms with Gasteiger partial charge >= 0.3 is 11.6 Å². The normalized spacial score (nSPS) is 10.5. The fourth-order valence-corrected chi connectivity index (χ4v) is 2.92. The van der Waals surface area contributed by atoms with E-state index in [9.17, 15) is 14.4 Å². The topological polar surface area (TPSA) is 104 Å². The number of esters is 1. The average molecular weight is 425 g/mol. The van der Waals surface area contributed by atoms with Gasteiger partial charge in [0.2, 0.25) is 0 Å². The third-order valence-electron chi connectivity index (χ3n) is 4.60. The zero-order valence-electron chi connectivity index (χ0n) is 17.5. The smallest absolute Gasteiger partial charge is 0.349 e. The molecule has 0 aliphatic heterocycles. The van der Waals surface area contributed by atoms with Crippen LogP contribution in [0.2, 0.25) is 0 Å². The maximum atomic E-state index is 12.5. The minimum Gasteiger partial charge on any atom is -0.493 e. The summed E-state index contributed by atoms with van der Waals surface area (Å²) in [6.07, 6.45) is 1.75. The first-order valence-electron chi connectivity index (χ1n) is 9.77. The number of hydrogen-bond acceptors (Lipinski definition) is 7. The molecule has 8 nitrogen and oxygen atoms in total. The Morgan fingerprint density at radius 2 is 1.77 bits per heavy atom. The number of hydrogen-bond donors (Lipinski definition) is 1. The fourth-order valence-electron chi connectivity index (χ4n) is 2.92. The predicted molar refractivity (Wildman–Crippen MR) is 114 cm³/mol. The van der Waals surface area contributed by atoms with Crippen molar-refractivity contribution in [1.82, 2.24) is 5.32 Å². The number of ether oxygens (including phenoxy) is 3. The van der Waals surface area contributed by atoms with Gasteiger partial charge in [-0.15, -0.1) is 0 Å². The molecule has 162 valence electrons. The van der Waals surface area contributed by atoms with Crippen molar-refractivity contribution in [3.05, 3.63) is 64.0 Å². The zero-order chi connectivity index (χ0) is 22.4. The number of nitrogens with one attached hydrogen (secondary N) is 1. The van der Waals surface area contributed by atoms with Crippen LogP contribution in [0.5, 0.6) is 17.2 Å². The summed E-state index contributed by atoms with van der Waals surface area (Å²) in [5.41, 5.74) is -0.366. The summed E-state index contributed by atoms with van der Waals surface area (Å²) in [6, 6.07) is 10.7. The molecule has 8 heteroatoms. The number of amides is 1. The van der Waals surface area contributed by atoms with Crippen molar-refractivity contribution in [3.8, 4) is 17.2 Å². The monoisotopic (exact) mass is 425 g/mol. The molecule has 3 rings (SSSR count). The lowest BCUT2D eigenvalue weighted by Crippen LogP contribution is -2.28. The quantitative estimate of drug-likeness (QED) is 0.255. The van der Waals surface area contributed by atoms with Crippen molar-refractivity contribution in [2.75, 3.05) is 20.8 Å². The van der Waals surface area contributed by atoms with Gasteiger partial charge in [0, 0.05) is 18.0 Å². The van der Waals surface area contributed by atoms with Crippen molar-refractivity contribution in [3.63, 3.8) is 0 Å². The van der Waals surface area contributed by atoms with Crippen molar-refractivity contribution in [1.29, 1.82) is 0 Å². The lowest BCUT2D eigenvalue weighted by atomic mass is 10.1. The van der Waals surface area contributed by atoms with E-state index in [0.29, 0.717) is 23.4 Å². The molecule has 0 fully saturated rings. The molecule has 0 spiro atoms. The van der Waals surface area contributed by atoms with E-state index in [1.165, 1.54) is 32.4 Å². The molecule has 3 aromatic rings. The first kappa shape index (κ1) is 21.9. The van der Waals surface area contributed by atoms with Crippen LogP contribution in [0.15, 0.2) is 51.7 Å². The van der Waals surface area contributed by atoms with Crippen LogP contribution in [0, 0.1) is 0 Å². The van der Waals surface area contributed by atoms with Gasteiger partial charge in [-0.2, -0.15) is 0 Å². The first-order valence-corrected chi connectivity index (χ1v) is 9.77. The van der Waals surface area contributed by atoms with E-state index >= 15 is 0 Å². The summed E-state index contributed by atoms with van der Waals surface area (Å²) < 4.78 is 21.0. The van der Waals surface area contributed by atoms with Gasteiger partial charge in [-0.1, -0.05) is 13.3 Å². The maximum absolute atomic E-state index is 12.5. The predicted octanol–water partition coefficient (Wildman–Crippen LogP) is 3.56. The van der Waals surface area contributed by atoms with E-state index in [2.05, 4.69) is 5.32 Å². The Hall–Kier alpha value is -3.81. The Morgan fingerprint density at radius 1 is 1.00 bits per heavy atom. The number of methoxy groups -OCH3 is 2. The van der Waals surface area contributed by atoms with Crippen molar-refractivity contribution in [2.24, 2.45) is 0 Å². The molecule has 0 radical (unpaired) electrons. The van der Waals surface area contributed by atoms with Gasteiger partial charge in [-0.3, -0.25) is 4.79 Å². The van der Waals surface area contributed by atoms with Crippen molar-refractivity contribution in [2.45, 2.75) is 19.8 Å². The van der Waals surface area contributed by atoms with Crippen LogP contribution in [-0.4, -0.2) is 32.6 Å². The van der Waals surface area contributed by atoms with Gasteiger partial charge in [-0.05, 0) is 42.8 Å². The molecule has 0 unspecified atom stereocenters. The van der Waals surface area contributed by atoms with E-state index in [0.717, 1.165) is 12.8 Å². The second kappa shape index (κ2) is 9.80. The Bertz CT molecular complexity index is 1170. The molecule has 1 N–H and O–H groups in total. The molecule has 0 saturated heterocycles. The fraction of sp³-hybridized carbons (Fsp3) is 0.261. The lowest BCUT2D eigenvalue weighted by Gasteiger charge is -2.10. The number of unbranched alkanes of at least 4 members (excludes halogenated alkanes) is 1. The van der Waals surface area contributed by atoms with Gasteiger partial charge in [0.25, 0.3) is 5.91 Å². The molecule has 0 bridgehead atoms. The molecular formula is C23H23NO7. The summed E-state index contributed by atoms with van der Waals surface area (Å²) in [5, 5.41) is 3.22. The van der Waals surface area contributed by atoms with Crippen LogP contribution in [0.4, 0.5) is 0 Å². The Balaban J connectivity index is 1.81. The van der Waals surface area contributed by atoms with Crippen molar-refractivity contribution >= 4 is 22.8 Å². The van der Waals surface area contributed by atoms with Crippen LogP contribution in [0.25, 0.3) is 11.0 Å².